The molecule has 4 nitrogen and oxygen atoms in total. The van der Waals surface area contributed by atoms with E-state index in [-0.39, 0.29) is 12.6 Å². The van der Waals surface area contributed by atoms with E-state index in [0.29, 0.717) is 12.5 Å². The topological polar surface area (TPSA) is 49.8 Å². The fraction of sp³-hybridized carbons (Fsp3) is 0.533. The van der Waals surface area contributed by atoms with Crippen LogP contribution in [0.25, 0.3) is 0 Å². The van der Waals surface area contributed by atoms with Gasteiger partial charge in [0.1, 0.15) is 18.4 Å². The minimum atomic E-state index is -0.808. The minimum absolute atomic E-state index is 0.0206. The van der Waals surface area contributed by atoms with E-state index in [0.717, 1.165) is 17.9 Å². The van der Waals surface area contributed by atoms with Crippen molar-refractivity contribution >= 4 is 11.7 Å². The van der Waals surface area contributed by atoms with Crippen molar-refractivity contribution in [3.8, 4) is 5.75 Å². The van der Waals surface area contributed by atoms with E-state index in [1.165, 1.54) is 5.56 Å². The second-order valence-electron chi connectivity index (χ2n) is 5.33. The summed E-state index contributed by atoms with van der Waals surface area (Å²) in [6, 6.07) is 6.03. The van der Waals surface area contributed by atoms with E-state index in [2.05, 4.69) is 20.8 Å². The molecule has 19 heavy (non-hydrogen) atoms. The Morgan fingerprint density at radius 1 is 1.53 bits per heavy atom. The van der Waals surface area contributed by atoms with Crippen LogP contribution in [0.2, 0.25) is 0 Å². The van der Waals surface area contributed by atoms with Gasteiger partial charge in [-0.15, -0.1) is 0 Å². The molecule has 0 saturated carbocycles. The van der Waals surface area contributed by atoms with Crippen molar-refractivity contribution < 1.29 is 14.6 Å². The number of ether oxygens (including phenoxy) is 1. The van der Waals surface area contributed by atoms with Gasteiger partial charge < -0.3 is 14.7 Å². The highest BCUT2D eigenvalue weighted by atomic mass is 16.5. The van der Waals surface area contributed by atoms with Gasteiger partial charge in [-0.2, -0.15) is 0 Å². The number of rotatable bonds is 4. The lowest BCUT2D eigenvalue weighted by Gasteiger charge is -2.37. The Labute approximate surface area is 114 Å². The predicted molar refractivity (Wildman–Crippen MR) is 74.9 cm³/mol. The van der Waals surface area contributed by atoms with E-state index in [9.17, 15) is 4.79 Å². The molecule has 1 aliphatic heterocycles. The second kappa shape index (κ2) is 5.51. The van der Waals surface area contributed by atoms with Crippen LogP contribution >= 0.6 is 0 Å². The normalized spacial score (nSPS) is 18.1. The number of hydrogen-bond acceptors (Lipinski definition) is 3. The molecule has 0 fully saturated rings. The molecular formula is C15H21NO3. The molecular weight excluding hydrogens is 242 g/mol. The molecule has 1 aromatic rings. The van der Waals surface area contributed by atoms with Gasteiger partial charge in [-0.1, -0.05) is 26.8 Å². The molecule has 0 aromatic heterocycles. The number of fused-ring (bicyclic) bond motifs is 1. The molecule has 0 spiro atoms. The summed E-state index contributed by atoms with van der Waals surface area (Å²) in [5.74, 6) is 0.343. The van der Waals surface area contributed by atoms with Crippen LogP contribution in [0.3, 0.4) is 0 Å². The maximum atomic E-state index is 11.0. The maximum absolute atomic E-state index is 11.0. The molecule has 1 heterocycles. The first-order chi connectivity index (χ1) is 9.01. The van der Waals surface area contributed by atoms with Crippen LogP contribution in [0, 0.1) is 5.92 Å². The maximum Gasteiger partial charge on any atom is 0.323 e. The van der Waals surface area contributed by atoms with Crippen molar-refractivity contribution in [1.29, 1.82) is 0 Å². The summed E-state index contributed by atoms with van der Waals surface area (Å²) in [6.07, 6.45) is 0.973. The summed E-state index contributed by atoms with van der Waals surface area (Å²) in [7, 11) is 0. The highest BCUT2D eigenvalue weighted by Gasteiger charge is 2.28. The van der Waals surface area contributed by atoms with Crippen LogP contribution in [-0.4, -0.2) is 30.3 Å². The number of carbonyl (C=O) groups is 1. The molecule has 0 saturated heterocycles. The van der Waals surface area contributed by atoms with Gasteiger partial charge in [0.25, 0.3) is 0 Å². The third-order valence-electron chi connectivity index (χ3n) is 3.52. The fourth-order valence-corrected chi connectivity index (χ4v) is 2.31. The lowest BCUT2D eigenvalue weighted by atomic mass is 10.0. The largest absolute Gasteiger partial charge is 0.486 e. The molecule has 1 atom stereocenters. The number of carboxylic acids is 1. The number of nitrogens with zero attached hydrogens (tertiary/aromatic N) is 1. The number of benzene rings is 1. The molecule has 1 N–H and O–H groups in total. The van der Waals surface area contributed by atoms with E-state index in [1.807, 2.05) is 23.1 Å². The molecule has 0 aliphatic carbocycles. The third kappa shape index (κ3) is 3.00. The van der Waals surface area contributed by atoms with E-state index >= 15 is 0 Å². The average molecular weight is 263 g/mol. The standard InChI is InChI=1S/C15H21NO3/c1-4-11-5-6-13-12(7-11)16(9-15(17)18)8-14(19-13)10(2)3/h5-7,10,14H,4,8-9H2,1-3H3,(H,17,18). The van der Waals surface area contributed by atoms with E-state index in [1.54, 1.807) is 0 Å². The van der Waals surface area contributed by atoms with Gasteiger partial charge in [-0.25, -0.2) is 0 Å². The quantitative estimate of drug-likeness (QED) is 0.907. The Morgan fingerprint density at radius 3 is 2.84 bits per heavy atom. The van der Waals surface area contributed by atoms with Crippen LogP contribution in [-0.2, 0) is 11.2 Å². The Kier molecular flexibility index (Phi) is 3.98. The summed E-state index contributed by atoms with van der Waals surface area (Å²) in [5.41, 5.74) is 2.10. The first-order valence-electron chi connectivity index (χ1n) is 6.77. The van der Waals surface area contributed by atoms with Gasteiger partial charge in [-0.3, -0.25) is 4.79 Å². The molecule has 0 radical (unpaired) electrons. The highest BCUT2D eigenvalue weighted by molar-refractivity contribution is 5.76. The summed E-state index contributed by atoms with van der Waals surface area (Å²) in [5, 5.41) is 9.06. The fourth-order valence-electron chi connectivity index (χ4n) is 2.31. The van der Waals surface area contributed by atoms with Gasteiger partial charge >= 0.3 is 5.97 Å². The van der Waals surface area contributed by atoms with Gasteiger partial charge in [0.2, 0.25) is 0 Å². The second-order valence-corrected chi connectivity index (χ2v) is 5.33. The molecule has 1 aromatic carbocycles. The van der Waals surface area contributed by atoms with Gasteiger partial charge in [0, 0.05) is 0 Å². The summed E-state index contributed by atoms with van der Waals surface area (Å²) in [6.45, 7) is 6.92. The van der Waals surface area contributed by atoms with Gasteiger partial charge in [-0.05, 0) is 30.0 Å². The van der Waals surface area contributed by atoms with Crippen LogP contribution in [0.15, 0.2) is 18.2 Å². The molecule has 1 aliphatic rings. The van der Waals surface area contributed by atoms with E-state index < -0.39 is 5.97 Å². The third-order valence-corrected chi connectivity index (χ3v) is 3.52. The lowest BCUT2D eigenvalue weighted by Crippen LogP contribution is -2.44. The molecule has 0 bridgehead atoms. The molecule has 0 amide bonds. The Balaban J connectivity index is 2.35. The van der Waals surface area contributed by atoms with Crippen LogP contribution in [0.5, 0.6) is 5.75 Å². The highest BCUT2D eigenvalue weighted by Crippen LogP contribution is 2.35. The van der Waals surface area contributed by atoms with Crippen molar-refractivity contribution in [2.24, 2.45) is 5.92 Å². The summed E-state index contributed by atoms with van der Waals surface area (Å²) < 4.78 is 5.97. The summed E-state index contributed by atoms with van der Waals surface area (Å²) >= 11 is 0. The zero-order chi connectivity index (χ0) is 14.0. The molecule has 1 unspecified atom stereocenters. The zero-order valence-electron chi connectivity index (χ0n) is 11.7. The Hall–Kier alpha value is -1.71. The number of anilines is 1. The van der Waals surface area contributed by atoms with Crippen molar-refractivity contribution in [2.45, 2.75) is 33.3 Å². The minimum Gasteiger partial charge on any atom is -0.486 e. The Bertz CT molecular complexity index is 470. The van der Waals surface area contributed by atoms with Crippen molar-refractivity contribution in [3.63, 3.8) is 0 Å². The van der Waals surface area contributed by atoms with Crippen LogP contribution in [0.4, 0.5) is 5.69 Å². The van der Waals surface area contributed by atoms with E-state index in [4.69, 9.17) is 9.84 Å². The van der Waals surface area contributed by atoms with Gasteiger partial charge in [0.15, 0.2) is 0 Å². The summed E-state index contributed by atoms with van der Waals surface area (Å²) in [4.78, 5) is 12.9. The molecule has 4 heteroatoms. The first-order valence-corrected chi connectivity index (χ1v) is 6.77. The van der Waals surface area contributed by atoms with Gasteiger partial charge in [0.05, 0.1) is 12.2 Å². The number of aryl methyl sites for hydroxylation is 1. The Morgan fingerprint density at radius 2 is 2.26 bits per heavy atom. The number of carboxylic acid groups (broad SMARTS) is 1. The van der Waals surface area contributed by atoms with Crippen molar-refractivity contribution in [2.75, 3.05) is 18.0 Å². The number of hydrogen-bond donors (Lipinski definition) is 1. The number of aliphatic carboxylic acids is 1. The zero-order valence-corrected chi connectivity index (χ0v) is 11.7. The van der Waals surface area contributed by atoms with Crippen LogP contribution in [0.1, 0.15) is 26.3 Å². The smallest absolute Gasteiger partial charge is 0.323 e. The lowest BCUT2D eigenvalue weighted by molar-refractivity contribution is -0.135. The monoisotopic (exact) mass is 263 g/mol. The van der Waals surface area contributed by atoms with Crippen LogP contribution < -0.4 is 9.64 Å². The first kappa shape index (κ1) is 13.7. The molecule has 2 rings (SSSR count). The average Bonchev–Trinajstić information content (AvgIpc) is 2.37. The predicted octanol–water partition coefficient (Wildman–Crippen LogP) is 2.56. The SMILES string of the molecule is CCc1ccc2c(c1)N(CC(=O)O)CC(C(C)C)O2. The molecule has 104 valence electrons. The van der Waals surface area contributed by atoms with Crippen molar-refractivity contribution in [3.05, 3.63) is 23.8 Å². The van der Waals surface area contributed by atoms with Crippen molar-refractivity contribution in [1.82, 2.24) is 0 Å².